The average Bonchev–Trinajstić information content (AvgIpc) is 2.20. The van der Waals surface area contributed by atoms with Gasteiger partial charge in [0.1, 0.15) is 5.82 Å². The van der Waals surface area contributed by atoms with Gasteiger partial charge in [0.05, 0.1) is 18.3 Å². The third-order valence-corrected chi connectivity index (χ3v) is 2.62. The molecule has 4 heteroatoms. The van der Waals surface area contributed by atoms with Gasteiger partial charge in [-0.1, -0.05) is 12.1 Å². The molecule has 0 bridgehead atoms. The number of nitrogens with one attached hydrogen (secondary N) is 1. The van der Waals surface area contributed by atoms with Crippen LogP contribution in [0.2, 0.25) is 0 Å². The summed E-state index contributed by atoms with van der Waals surface area (Å²) in [6, 6.07) is 6.47. The monoisotopic (exact) mass is 199 g/mol. The minimum atomic E-state index is -0.203. The van der Waals surface area contributed by atoms with Gasteiger partial charge in [-0.25, -0.2) is 9.11 Å². The van der Waals surface area contributed by atoms with Gasteiger partial charge in [0, 0.05) is 6.54 Å². The molecule has 0 amide bonds. The lowest BCUT2D eigenvalue weighted by atomic mass is 10.1. The lowest BCUT2D eigenvalue weighted by Crippen LogP contribution is -2.18. The summed E-state index contributed by atoms with van der Waals surface area (Å²) in [7, 11) is 0. The summed E-state index contributed by atoms with van der Waals surface area (Å²) < 4.78 is 21.0. The Bertz CT molecular complexity index is 271. The van der Waals surface area contributed by atoms with Gasteiger partial charge in [0.2, 0.25) is 0 Å². The molecule has 70 valence electrons. The van der Waals surface area contributed by atoms with Crippen molar-refractivity contribution in [2.24, 2.45) is 0 Å². The maximum Gasteiger partial charge on any atom is 0.123 e. The summed E-state index contributed by atoms with van der Waals surface area (Å²) in [5.74, 6) is -0.203. The Morgan fingerprint density at radius 2 is 2.15 bits per heavy atom. The second-order valence-electron chi connectivity index (χ2n) is 2.90. The van der Waals surface area contributed by atoms with E-state index in [0.29, 0.717) is 0 Å². The normalized spacial score (nSPS) is 23.0. The SMILES string of the molecule is Fc1ccc(C2CCNSO2)cc1. The number of rotatable bonds is 1. The van der Waals surface area contributed by atoms with Crippen molar-refractivity contribution in [3.63, 3.8) is 0 Å². The van der Waals surface area contributed by atoms with Gasteiger partial charge in [-0.05, 0) is 24.1 Å². The first-order chi connectivity index (χ1) is 6.36. The molecule has 1 aromatic carbocycles. The summed E-state index contributed by atoms with van der Waals surface area (Å²) in [4.78, 5) is 0. The fourth-order valence-electron chi connectivity index (χ4n) is 1.27. The van der Waals surface area contributed by atoms with Crippen LogP contribution in [0, 0.1) is 5.82 Å². The molecule has 0 aromatic heterocycles. The summed E-state index contributed by atoms with van der Waals surface area (Å²) in [5.41, 5.74) is 1.04. The largest absolute Gasteiger partial charge is 0.293 e. The molecule has 1 heterocycles. The molecule has 1 unspecified atom stereocenters. The van der Waals surface area contributed by atoms with Crippen LogP contribution in [-0.2, 0) is 4.18 Å². The maximum absolute atomic E-state index is 12.6. The second kappa shape index (κ2) is 4.09. The first-order valence-electron chi connectivity index (χ1n) is 4.17. The Morgan fingerprint density at radius 1 is 1.38 bits per heavy atom. The van der Waals surface area contributed by atoms with Crippen molar-refractivity contribution in [1.82, 2.24) is 4.72 Å². The van der Waals surface area contributed by atoms with E-state index in [0.717, 1.165) is 18.5 Å². The van der Waals surface area contributed by atoms with Gasteiger partial charge in [0.15, 0.2) is 0 Å². The highest BCUT2D eigenvalue weighted by Gasteiger charge is 2.16. The van der Waals surface area contributed by atoms with Crippen LogP contribution in [0.5, 0.6) is 0 Å². The molecular formula is C9H10FNOS. The zero-order valence-corrected chi connectivity index (χ0v) is 7.81. The standard InChI is InChI=1S/C9H10FNOS/c10-8-3-1-7(2-4-8)9-5-6-11-13-12-9/h1-4,9,11H,5-6H2. The van der Waals surface area contributed by atoms with Crippen LogP contribution < -0.4 is 4.72 Å². The summed E-state index contributed by atoms with van der Waals surface area (Å²) in [6.45, 7) is 0.923. The van der Waals surface area contributed by atoms with E-state index in [1.54, 1.807) is 12.1 Å². The summed E-state index contributed by atoms with van der Waals surface area (Å²) >= 11 is 1.26. The Hall–Kier alpha value is -0.580. The number of hydrogen-bond donors (Lipinski definition) is 1. The van der Waals surface area contributed by atoms with Crippen molar-refractivity contribution in [2.75, 3.05) is 6.54 Å². The molecule has 2 rings (SSSR count). The van der Waals surface area contributed by atoms with E-state index >= 15 is 0 Å². The van der Waals surface area contributed by atoms with Gasteiger partial charge < -0.3 is 0 Å². The van der Waals surface area contributed by atoms with Crippen LogP contribution in [0.15, 0.2) is 24.3 Å². The Kier molecular flexibility index (Phi) is 2.83. The van der Waals surface area contributed by atoms with Crippen LogP contribution in [0.3, 0.4) is 0 Å². The van der Waals surface area contributed by atoms with Crippen molar-refractivity contribution in [2.45, 2.75) is 12.5 Å². The van der Waals surface area contributed by atoms with Crippen LogP contribution in [0.4, 0.5) is 4.39 Å². The first kappa shape index (κ1) is 8.99. The van der Waals surface area contributed by atoms with Crippen molar-refractivity contribution >= 4 is 12.2 Å². The van der Waals surface area contributed by atoms with E-state index in [9.17, 15) is 4.39 Å². The topological polar surface area (TPSA) is 21.3 Å². The Morgan fingerprint density at radius 3 is 2.77 bits per heavy atom. The smallest absolute Gasteiger partial charge is 0.123 e. The van der Waals surface area contributed by atoms with E-state index in [1.165, 1.54) is 24.4 Å². The highest BCUT2D eigenvalue weighted by atomic mass is 32.2. The third kappa shape index (κ3) is 2.21. The molecular weight excluding hydrogens is 189 g/mol. The van der Waals surface area contributed by atoms with Crippen LogP contribution in [0.1, 0.15) is 18.1 Å². The van der Waals surface area contributed by atoms with Gasteiger partial charge in [-0.2, -0.15) is 0 Å². The van der Waals surface area contributed by atoms with Gasteiger partial charge in [-0.3, -0.25) is 4.18 Å². The molecule has 2 nitrogen and oxygen atoms in total. The second-order valence-corrected chi connectivity index (χ2v) is 3.55. The predicted molar refractivity (Wildman–Crippen MR) is 50.4 cm³/mol. The zero-order valence-electron chi connectivity index (χ0n) is 7.00. The van der Waals surface area contributed by atoms with Crippen LogP contribution >= 0.6 is 12.2 Å². The molecule has 0 spiro atoms. The number of hydrogen-bond acceptors (Lipinski definition) is 3. The fourth-order valence-corrected chi connectivity index (χ4v) is 1.86. The molecule has 0 aliphatic carbocycles. The van der Waals surface area contributed by atoms with E-state index in [2.05, 4.69) is 4.72 Å². The molecule has 1 N–H and O–H groups in total. The summed E-state index contributed by atoms with van der Waals surface area (Å²) in [6.07, 6.45) is 1.02. The molecule has 1 saturated heterocycles. The molecule has 1 aliphatic rings. The van der Waals surface area contributed by atoms with E-state index in [-0.39, 0.29) is 11.9 Å². The molecule has 1 fully saturated rings. The predicted octanol–water partition coefficient (Wildman–Crippen LogP) is 2.44. The van der Waals surface area contributed by atoms with Gasteiger partial charge >= 0.3 is 0 Å². The highest BCUT2D eigenvalue weighted by Crippen LogP contribution is 2.27. The molecule has 0 saturated carbocycles. The number of benzene rings is 1. The van der Waals surface area contributed by atoms with Crippen LogP contribution in [0.25, 0.3) is 0 Å². The minimum Gasteiger partial charge on any atom is -0.293 e. The maximum atomic E-state index is 12.6. The molecule has 1 aromatic rings. The van der Waals surface area contributed by atoms with Gasteiger partial charge in [0.25, 0.3) is 0 Å². The molecule has 0 radical (unpaired) electrons. The first-order valence-corrected chi connectivity index (χ1v) is 4.91. The average molecular weight is 199 g/mol. The Balaban J connectivity index is 2.10. The van der Waals surface area contributed by atoms with Crippen LogP contribution in [-0.4, -0.2) is 6.54 Å². The lowest BCUT2D eigenvalue weighted by Gasteiger charge is -2.21. The lowest BCUT2D eigenvalue weighted by molar-refractivity contribution is 0.218. The van der Waals surface area contributed by atoms with Crippen molar-refractivity contribution < 1.29 is 8.57 Å². The number of halogens is 1. The van der Waals surface area contributed by atoms with Gasteiger partial charge in [-0.15, -0.1) is 0 Å². The van der Waals surface area contributed by atoms with E-state index in [1.807, 2.05) is 0 Å². The van der Waals surface area contributed by atoms with Crippen molar-refractivity contribution in [3.05, 3.63) is 35.6 Å². The van der Waals surface area contributed by atoms with E-state index < -0.39 is 0 Å². The Labute approximate surface area is 80.8 Å². The minimum absolute atomic E-state index is 0.0897. The quantitative estimate of drug-likeness (QED) is 0.554. The third-order valence-electron chi connectivity index (χ3n) is 1.97. The van der Waals surface area contributed by atoms with Crippen molar-refractivity contribution in [1.29, 1.82) is 0 Å². The summed E-state index contributed by atoms with van der Waals surface area (Å²) in [5, 5.41) is 0. The molecule has 1 aliphatic heterocycles. The fraction of sp³-hybridized carbons (Fsp3) is 0.333. The molecule has 1 atom stereocenters. The zero-order chi connectivity index (χ0) is 9.10. The highest BCUT2D eigenvalue weighted by molar-refractivity contribution is 7.92. The van der Waals surface area contributed by atoms with Crippen molar-refractivity contribution in [3.8, 4) is 0 Å². The van der Waals surface area contributed by atoms with E-state index in [4.69, 9.17) is 4.18 Å². The molecule has 13 heavy (non-hydrogen) atoms.